The second-order valence-electron chi connectivity index (χ2n) is 13.9. The summed E-state index contributed by atoms with van der Waals surface area (Å²) in [6.45, 7) is 0.0601. The molecule has 8 nitrogen and oxygen atoms in total. The summed E-state index contributed by atoms with van der Waals surface area (Å²) < 4.78 is 33.5. The molecule has 256 valence electrons. The highest BCUT2D eigenvalue weighted by Crippen LogP contribution is 2.65. The first-order valence-corrected chi connectivity index (χ1v) is 20.0. The van der Waals surface area contributed by atoms with Gasteiger partial charge < -0.3 is 24.4 Å². The van der Waals surface area contributed by atoms with Gasteiger partial charge in [-0.15, -0.1) is 0 Å². The van der Waals surface area contributed by atoms with E-state index in [0.29, 0.717) is 23.5 Å². The molecular formula is C38H46NO7PS. The molecule has 4 bridgehead atoms. The Kier molecular flexibility index (Phi) is 11.2. The average molecular weight is 692 g/mol. The standard InChI is InChI=1S/C38H46NO7PS/c1-44-34-14-12-29(13-15-34)25-48-26-33(36(40)41)24-47(43,46-38-20-30-16-31(21-38)18-32(17-30)22-38)35(19-27-8-4-2-5-9-27)39-37(42)45-23-28-10-6-3-7-11-28/h2-15,30-33,35H,16-26H2,1H3,(H,39,42)(H,40,41). The van der Waals surface area contributed by atoms with Crippen LogP contribution in [0, 0.1) is 23.7 Å². The van der Waals surface area contributed by atoms with Gasteiger partial charge in [0.15, 0.2) is 0 Å². The molecule has 4 fully saturated rings. The van der Waals surface area contributed by atoms with E-state index in [0.717, 1.165) is 41.7 Å². The van der Waals surface area contributed by atoms with Gasteiger partial charge in [-0.2, -0.15) is 11.8 Å². The van der Waals surface area contributed by atoms with Crippen LogP contribution in [0.2, 0.25) is 0 Å². The molecule has 10 heteroatoms. The van der Waals surface area contributed by atoms with E-state index in [1.807, 2.05) is 84.9 Å². The quantitative estimate of drug-likeness (QED) is 0.144. The zero-order valence-corrected chi connectivity index (χ0v) is 29.2. The Morgan fingerprint density at radius 3 is 2.02 bits per heavy atom. The first-order valence-electron chi connectivity index (χ1n) is 16.9. The van der Waals surface area contributed by atoms with Crippen molar-refractivity contribution in [3.05, 3.63) is 102 Å². The van der Waals surface area contributed by atoms with E-state index in [2.05, 4.69) is 5.32 Å². The van der Waals surface area contributed by atoms with E-state index in [1.165, 1.54) is 31.0 Å². The van der Waals surface area contributed by atoms with Crippen molar-refractivity contribution in [2.45, 2.75) is 68.7 Å². The Labute approximate surface area is 287 Å². The Bertz CT molecular complexity index is 1530. The van der Waals surface area contributed by atoms with Crippen LogP contribution in [0.1, 0.15) is 55.2 Å². The summed E-state index contributed by atoms with van der Waals surface area (Å²) in [6.07, 6.45) is 5.43. The number of alkyl carbamates (subject to hydrolysis) is 1. The van der Waals surface area contributed by atoms with Crippen molar-refractivity contribution in [1.82, 2.24) is 5.32 Å². The number of methoxy groups -OCH3 is 1. The molecule has 4 aliphatic carbocycles. The van der Waals surface area contributed by atoms with Crippen molar-refractivity contribution in [2.24, 2.45) is 23.7 Å². The van der Waals surface area contributed by atoms with Crippen LogP contribution in [0.15, 0.2) is 84.9 Å². The maximum Gasteiger partial charge on any atom is 0.408 e. The largest absolute Gasteiger partial charge is 0.497 e. The van der Waals surface area contributed by atoms with Crippen molar-refractivity contribution >= 4 is 31.2 Å². The fourth-order valence-electron chi connectivity index (χ4n) is 8.28. The topological polar surface area (TPSA) is 111 Å². The molecule has 0 aliphatic heterocycles. The summed E-state index contributed by atoms with van der Waals surface area (Å²) >= 11 is 1.49. The molecule has 3 atom stereocenters. The maximum atomic E-state index is 15.7. The number of carbonyl (C=O) groups excluding carboxylic acids is 1. The molecule has 1 amide bonds. The number of hydrogen-bond donors (Lipinski definition) is 2. The van der Waals surface area contributed by atoms with Gasteiger partial charge in [0.2, 0.25) is 7.37 Å². The second kappa shape index (κ2) is 15.5. The van der Waals surface area contributed by atoms with Gasteiger partial charge in [-0.05, 0) is 85.1 Å². The Hall–Kier alpha value is -3.26. The number of hydrogen-bond acceptors (Lipinski definition) is 7. The van der Waals surface area contributed by atoms with E-state index in [1.54, 1.807) is 7.11 Å². The van der Waals surface area contributed by atoms with Gasteiger partial charge in [-0.25, -0.2) is 4.79 Å². The third-order valence-corrected chi connectivity index (χ3v) is 14.2. The summed E-state index contributed by atoms with van der Waals surface area (Å²) in [5.74, 6) is 0.324. The summed E-state index contributed by atoms with van der Waals surface area (Å²) in [5, 5.41) is 13.4. The minimum atomic E-state index is -3.85. The van der Waals surface area contributed by atoms with Gasteiger partial charge in [0.05, 0.1) is 18.6 Å². The molecule has 7 rings (SSSR count). The molecule has 3 aromatic rings. The normalized spacial score (nSPS) is 25.1. The lowest BCUT2D eigenvalue weighted by molar-refractivity contribution is -0.140. The molecule has 48 heavy (non-hydrogen) atoms. The minimum Gasteiger partial charge on any atom is -0.497 e. The van der Waals surface area contributed by atoms with Gasteiger partial charge in [0.1, 0.15) is 18.1 Å². The predicted molar refractivity (Wildman–Crippen MR) is 188 cm³/mol. The van der Waals surface area contributed by atoms with Crippen LogP contribution in [0.4, 0.5) is 4.79 Å². The first kappa shape index (κ1) is 34.6. The van der Waals surface area contributed by atoms with E-state index in [-0.39, 0.29) is 24.9 Å². The van der Waals surface area contributed by atoms with E-state index < -0.39 is 36.7 Å². The van der Waals surface area contributed by atoms with Gasteiger partial charge in [0.25, 0.3) is 0 Å². The number of carboxylic acid groups (broad SMARTS) is 1. The fourth-order valence-corrected chi connectivity index (χ4v) is 12.6. The number of aliphatic carboxylic acids is 1. The lowest BCUT2D eigenvalue weighted by Gasteiger charge is -2.57. The van der Waals surface area contributed by atoms with E-state index >= 15 is 4.57 Å². The third-order valence-electron chi connectivity index (χ3n) is 10.1. The van der Waals surface area contributed by atoms with Crippen molar-refractivity contribution in [2.75, 3.05) is 19.0 Å². The lowest BCUT2D eigenvalue weighted by atomic mass is 9.54. The molecule has 4 saturated carbocycles. The Balaban J connectivity index is 1.26. The molecular weight excluding hydrogens is 645 g/mol. The average Bonchev–Trinajstić information content (AvgIpc) is 3.07. The molecule has 0 saturated heterocycles. The van der Waals surface area contributed by atoms with Crippen LogP contribution in [0.5, 0.6) is 5.75 Å². The number of carbonyl (C=O) groups is 2. The molecule has 0 aromatic heterocycles. The maximum absolute atomic E-state index is 15.7. The number of thioether (sulfide) groups is 1. The van der Waals surface area contributed by atoms with Crippen LogP contribution in [0.3, 0.4) is 0 Å². The third kappa shape index (κ3) is 8.85. The van der Waals surface area contributed by atoms with Crippen molar-refractivity contribution in [3.63, 3.8) is 0 Å². The van der Waals surface area contributed by atoms with Crippen LogP contribution in [-0.2, 0) is 37.4 Å². The number of carboxylic acids is 1. The highest BCUT2D eigenvalue weighted by atomic mass is 32.2. The highest BCUT2D eigenvalue weighted by molar-refractivity contribution is 7.98. The van der Waals surface area contributed by atoms with Crippen LogP contribution >= 0.6 is 19.1 Å². The lowest BCUT2D eigenvalue weighted by Crippen LogP contribution is -2.52. The Morgan fingerprint density at radius 1 is 0.875 bits per heavy atom. The molecule has 0 radical (unpaired) electrons. The zero-order valence-electron chi connectivity index (χ0n) is 27.5. The van der Waals surface area contributed by atoms with Crippen LogP contribution in [-0.4, -0.2) is 47.6 Å². The summed E-state index contributed by atoms with van der Waals surface area (Å²) in [5.41, 5.74) is 2.19. The van der Waals surface area contributed by atoms with Crippen molar-refractivity contribution in [3.8, 4) is 5.75 Å². The molecule has 0 spiro atoms. The predicted octanol–water partition coefficient (Wildman–Crippen LogP) is 8.39. The van der Waals surface area contributed by atoms with Crippen LogP contribution in [0.25, 0.3) is 0 Å². The first-order chi connectivity index (χ1) is 23.2. The zero-order chi connectivity index (χ0) is 33.6. The number of ether oxygens (including phenoxy) is 2. The summed E-state index contributed by atoms with van der Waals surface area (Å²) in [7, 11) is -2.23. The molecule has 3 aromatic carbocycles. The Morgan fingerprint density at radius 2 is 1.46 bits per heavy atom. The summed E-state index contributed by atoms with van der Waals surface area (Å²) in [4.78, 5) is 26.2. The second-order valence-corrected chi connectivity index (χ2v) is 17.6. The minimum absolute atomic E-state index is 0.0601. The van der Waals surface area contributed by atoms with Gasteiger partial charge in [-0.3, -0.25) is 9.36 Å². The summed E-state index contributed by atoms with van der Waals surface area (Å²) in [6, 6.07) is 26.7. The van der Waals surface area contributed by atoms with Crippen molar-refractivity contribution in [1.29, 1.82) is 0 Å². The monoisotopic (exact) mass is 691 g/mol. The number of benzene rings is 3. The van der Waals surface area contributed by atoms with Gasteiger partial charge in [-0.1, -0.05) is 72.8 Å². The number of amides is 1. The van der Waals surface area contributed by atoms with Crippen molar-refractivity contribution < 1.29 is 33.3 Å². The van der Waals surface area contributed by atoms with Gasteiger partial charge in [0, 0.05) is 24.1 Å². The fraction of sp³-hybridized carbons (Fsp3) is 0.474. The van der Waals surface area contributed by atoms with E-state index in [4.69, 9.17) is 14.0 Å². The van der Waals surface area contributed by atoms with Crippen LogP contribution < -0.4 is 10.1 Å². The smallest absolute Gasteiger partial charge is 0.408 e. The van der Waals surface area contributed by atoms with E-state index in [9.17, 15) is 14.7 Å². The van der Waals surface area contributed by atoms with Gasteiger partial charge >= 0.3 is 12.1 Å². The molecule has 0 heterocycles. The molecule has 4 aliphatic rings. The number of nitrogens with one attached hydrogen (secondary N) is 1. The number of rotatable bonds is 16. The molecule has 3 unspecified atom stereocenters. The SMILES string of the molecule is COc1ccc(CSCC(CP(=O)(OC23CC4CC(CC(C4)C2)C3)C(Cc2ccccc2)NC(=O)OCc2ccccc2)C(=O)O)cc1. The highest BCUT2D eigenvalue weighted by Gasteiger charge is 2.55. The molecule has 2 N–H and O–H groups in total.